The molecule has 0 atom stereocenters. The molecule has 6 nitrogen and oxygen atoms in total. The number of nitrogens with zero attached hydrogens (tertiary/aromatic N) is 2. The van der Waals surface area contributed by atoms with Gasteiger partial charge in [0.25, 0.3) is 0 Å². The van der Waals surface area contributed by atoms with E-state index >= 15 is 0 Å². The highest BCUT2D eigenvalue weighted by atomic mass is 19.4. The zero-order valence-electron chi connectivity index (χ0n) is 14.4. The maximum absolute atomic E-state index is 13.1. The Morgan fingerprint density at radius 1 is 1.22 bits per heavy atom. The van der Waals surface area contributed by atoms with Crippen LogP contribution < -0.4 is 15.5 Å². The number of rotatable bonds is 4. The van der Waals surface area contributed by atoms with Crippen molar-refractivity contribution in [2.45, 2.75) is 12.7 Å². The Labute approximate surface area is 154 Å². The Morgan fingerprint density at radius 2 is 2.00 bits per heavy atom. The summed E-state index contributed by atoms with van der Waals surface area (Å²) in [5, 5.41) is 5.16. The van der Waals surface area contributed by atoms with Crippen molar-refractivity contribution in [3.05, 3.63) is 53.9 Å². The van der Waals surface area contributed by atoms with Gasteiger partial charge < -0.3 is 20.3 Å². The van der Waals surface area contributed by atoms with E-state index in [1.807, 2.05) is 4.90 Å². The van der Waals surface area contributed by atoms with Crippen molar-refractivity contribution in [1.82, 2.24) is 10.3 Å². The minimum Gasteiger partial charge on any atom is -0.378 e. The smallest absolute Gasteiger partial charge is 0.378 e. The first-order valence-corrected chi connectivity index (χ1v) is 8.41. The summed E-state index contributed by atoms with van der Waals surface area (Å²) < 4.78 is 44.5. The van der Waals surface area contributed by atoms with Crippen molar-refractivity contribution in [2.24, 2.45) is 0 Å². The van der Waals surface area contributed by atoms with E-state index < -0.39 is 17.8 Å². The third-order valence-corrected chi connectivity index (χ3v) is 4.10. The molecule has 3 rings (SSSR count). The van der Waals surface area contributed by atoms with Crippen molar-refractivity contribution in [2.75, 3.05) is 36.5 Å². The number of ether oxygens (including phenoxy) is 1. The third-order valence-electron chi connectivity index (χ3n) is 4.10. The summed E-state index contributed by atoms with van der Waals surface area (Å²) in [7, 11) is 0. The average molecular weight is 380 g/mol. The van der Waals surface area contributed by atoms with Gasteiger partial charge in [0, 0.05) is 32.0 Å². The average Bonchev–Trinajstić information content (AvgIpc) is 2.67. The Bertz CT molecular complexity index is 778. The van der Waals surface area contributed by atoms with Crippen LogP contribution in [0.25, 0.3) is 0 Å². The largest absolute Gasteiger partial charge is 0.416 e. The molecule has 2 heterocycles. The maximum atomic E-state index is 13.1. The third kappa shape index (κ3) is 5.10. The summed E-state index contributed by atoms with van der Waals surface area (Å²) >= 11 is 0. The molecule has 0 saturated carbocycles. The lowest BCUT2D eigenvalue weighted by atomic mass is 10.1. The lowest BCUT2D eigenvalue weighted by molar-refractivity contribution is -0.137. The van der Waals surface area contributed by atoms with Gasteiger partial charge in [-0.3, -0.25) is 4.98 Å². The molecule has 1 aliphatic rings. The molecule has 27 heavy (non-hydrogen) atoms. The molecule has 1 aromatic heterocycles. The second-order valence-corrected chi connectivity index (χ2v) is 6.00. The molecule has 2 aromatic rings. The molecule has 0 bridgehead atoms. The summed E-state index contributed by atoms with van der Waals surface area (Å²) in [4.78, 5) is 18.0. The number of alkyl halides is 3. The van der Waals surface area contributed by atoms with E-state index in [0.717, 1.165) is 17.7 Å². The number of urea groups is 1. The highest BCUT2D eigenvalue weighted by molar-refractivity contribution is 5.93. The minimum atomic E-state index is -4.49. The number of halogens is 3. The van der Waals surface area contributed by atoms with E-state index in [1.165, 1.54) is 6.07 Å². The quantitative estimate of drug-likeness (QED) is 0.855. The molecule has 2 amide bonds. The highest BCUT2D eigenvalue weighted by Crippen LogP contribution is 2.35. The van der Waals surface area contributed by atoms with Crippen LogP contribution in [-0.4, -0.2) is 37.3 Å². The lowest BCUT2D eigenvalue weighted by Crippen LogP contribution is -2.37. The molecule has 0 aliphatic carbocycles. The van der Waals surface area contributed by atoms with Crippen LogP contribution in [0.2, 0.25) is 0 Å². The molecule has 1 aliphatic heterocycles. The number of morpholine rings is 1. The zero-order valence-corrected chi connectivity index (χ0v) is 14.4. The standard InChI is InChI=1S/C18H19F3N4O2/c19-18(20,21)14-3-4-16(25-6-8-27-9-7-25)15(10-14)24-17(26)23-12-13-2-1-5-22-11-13/h1-5,10-11H,6-9,12H2,(H2,23,24,26). The molecule has 1 saturated heterocycles. The number of hydrogen-bond acceptors (Lipinski definition) is 4. The number of aromatic nitrogens is 1. The van der Waals surface area contributed by atoms with Gasteiger partial charge in [0.05, 0.1) is 30.2 Å². The molecule has 0 spiro atoms. The molecule has 0 radical (unpaired) electrons. The van der Waals surface area contributed by atoms with Crippen molar-refractivity contribution in [1.29, 1.82) is 0 Å². The molecule has 144 valence electrons. The number of nitrogens with one attached hydrogen (secondary N) is 2. The monoisotopic (exact) mass is 380 g/mol. The summed E-state index contributed by atoms with van der Waals surface area (Å²) in [6.07, 6.45) is -1.28. The molecular formula is C18H19F3N4O2. The van der Waals surface area contributed by atoms with Crippen LogP contribution in [0.4, 0.5) is 29.3 Å². The maximum Gasteiger partial charge on any atom is 0.416 e. The topological polar surface area (TPSA) is 66.5 Å². The van der Waals surface area contributed by atoms with E-state index in [2.05, 4.69) is 15.6 Å². The fraction of sp³-hybridized carbons (Fsp3) is 0.333. The first-order valence-electron chi connectivity index (χ1n) is 8.41. The van der Waals surface area contributed by atoms with Crippen molar-refractivity contribution in [3.63, 3.8) is 0 Å². The van der Waals surface area contributed by atoms with Crippen molar-refractivity contribution in [3.8, 4) is 0 Å². The van der Waals surface area contributed by atoms with E-state index in [-0.39, 0.29) is 12.2 Å². The summed E-state index contributed by atoms with van der Waals surface area (Å²) in [6.45, 7) is 2.25. The molecule has 9 heteroatoms. The van der Waals surface area contributed by atoms with Gasteiger partial charge in [-0.05, 0) is 29.8 Å². The normalized spacial score (nSPS) is 14.7. The van der Waals surface area contributed by atoms with Gasteiger partial charge in [0.1, 0.15) is 0 Å². The van der Waals surface area contributed by atoms with Gasteiger partial charge in [0.15, 0.2) is 0 Å². The fourth-order valence-electron chi connectivity index (χ4n) is 2.74. The van der Waals surface area contributed by atoms with Crippen molar-refractivity contribution >= 4 is 17.4 Å². The Hall–Kier alpha value is -2.81. The summed E-state index contributed by atoms with van der Waals surface area (Å²) in [6, 6.07) is 6.28. The first kappa shape index (κ1) is 19.0. The first-order chi connectivity index (χ1) is 12.9. The Kier molecular flexibility index (Phi) is 5.80. The molecule has 0 unspecified atom stereocenters. The van der Waals surface area contributed by atoms with Crippen LogP contribution >= 0.6 is 0 Å². The fourth-order valence-corrected chi connectivity index (χ4v) is 2.74. The van der Waals surface area contributed by atoms with Crippen LogP contribution in [0.15, 0.2) is 42.7 Å². The second kappa shape index (κ2) is 8.26. The van der Waals surface area contributed by atoms with Crippen LogP contribution in [0.1, 0.15) is 11.1 Å². The highest BCUT2D eigenvalue weighted by Gasteiger charge is 2.31. The minimum absolute atomic E-state index is 0.107. The van der Waals surface area contributed by atoms with Crippen LogP contribution in [0.3, 0.4) is 0 Å². The number of carbonyl (C=O) groups excluding carboxylic acids is 1. The van der Waals surface area contributed by atoms with Gasteiger partial charge in [-0.1, -0.05) is 6.07 Å². The number of amides is 2. The Balaban J connectivity index is 1.76. The van der Waals surface area contributed by atoms with E-state index in [9.17, 15) is 18.0 Å². The molecular weight excluding hydrogens is 361 g/mol. The van der Waals surface area contributed by atoms with E-state index in [1.54, 1.807) is 24.5 Å². The number of hydrogen-bond donors (Lipinski definition) is 2. The second-order valence-electron chi connectivity index (χ2n) is 6.00. The van der Waals surface area contributed by atoms with Crippen LogP contribution in [0.5, 0.6) is 0 Å². The summed E-state index contributed by atoms with van der Waals surface area (Å²) in [5.41, 5.74) is 0.602. The number of benzene rings is 1. The van der Waals surface area contributed by atoms with E-state index in [4.69, 9.17) is 4.74 Å². The van der Waals surface area contributed by atoms with E-state index in [0.29, 0.717) is 32.0 Å². The molecule has 1 fully saturated rings. The predicted molar refractivity (Wildman–Crippen MR) is 94.6 cm³/mol. The number of carbonyl (C=O) groups is 1. The molecule has 1 aromatic carbocycles. The van der Waals surface area contributed by atoms with Gasteiger partial charge in [0.2, 0.25) is 0 Å². The lowest BCUT2D eigenvalue weighted by Gasteiger charge is -2.31. The van der Waals surface area contributed by atoms with Gasteiger partial charge in [-0.15, -0.1) is 0 Å². The Morgan fingerprint density at radius 3 is 2.67 bits per heavy atom. The van der Waals surface area contributed by atoms with Gasteiger partial charge in [-0.25, -0.2) is 4.79 Å². The zero-order chi connectivity index (χ0) is 19.3. The summed E-state index contributed by atoms with van der Waals surface area (Å²) in [5.74, 6) is 0. The van der Waals surface area contributed by atoms with Gasteiger partial charge in [-0.2, -0.15) is 13.2 Å². The van der Waals surface area contributed by atoms with Crippen molar-refractivity contribution < 1.29 is 22.7 Å². The SMILES string of the molecule is O=C(NCc1cccnc1)Nc1cc(C(F)(F)F)ccc1N1CCOCC1. The number of pyridine rings is 1. The number of anilines is 2. The molecule has 2 N–H and O–H groups in total. The van der Waals surface area contributed by atoms with Crippen LogP contribution in [0, 0.1) is 0 Å². The van der Waals surface area contributed by atoms with Gasteiger partial charge >= 0.3 is 12.2 Å². The van der Waals surface area contributed by atoms with Crippen LogP contribution in [-0.2, 0) is 17.5 Å². The predicted octanol–water partition coefficient (Wildman–Crippen LogP) is 3.26.